The van der Waals surface area contributed by atoms with E-state index in [1.807, 2.05) is 0 Å². The van der Waals surface area contributed by atoms with Gasteiger partial charge in [-0.25, -0.2) is 0 Å². The van der Waals surface area contributed by atoms with Crippen molar-refractivity contribution >= 4 is 29.3 Å². The fourth-order valence-electron chi connectivity index (χ4n) is 1.99. The van der Waals surface area contributed by atoms with Gasteiger partial charge in [0.1, 0.15) is 10.7 Å². The van der Waals surface area contributed by atoms with Crippen molar-refractivity contribution in [1.29, 1.82) is 0 Å². The molecule has 1 aliphatic rings. The zero-order valence-corrected chi connectivity index (χ0v) is 18.3. The van der Waals surface area contributed by atoms with Crippen molar-refractivity contribution in [3.63, 3.8) is 0 Å². The van der Waals surface area contributed by atoms with Gasteiger partial charge in [-0.05, 0) is 38.1 Å². The molecule has 1 aromatic carbocycles. The van der Waals surface area contributed by atoms with Crippen LogP contribution in [0.5, 0.6) is 5.75 Å². The zero-order chi connectivity index (χ0) is 18.1. The fourth-order valence-corrected chi connectivity index (χ4v) is 3.29. The molecular formula is C15H13ClF3KO4S. The quantitative estimate of drug-likeness (QED) is 0.653. The number of ether oxygens (including phenoxy) is 2. The second kappa shape index (κ2) is 8.96. The van der Waals surface area contributed by atoms with Gasteiger partial charge < -0.3 is 19.4 Å². The molecule has 0 spiro atoms. The van der Waals surface area contributed by atoms with E-state index in [-0.39, 0.29) is 62.2 Å². The molecule has 132 valence electrons. The van der Waals surface area contributed by atoms with E-state index < -0.39 is 28.7 Å². The molecule has 0 fully saturated rings. The van der Waals surface area contributed by atoms with E-state index in [0.717, 1.165) is 30.0 Å². The van der Waals surface area contributed by atoms with Crippen LogP contribution in [0.25, 0.3) is 0 Å². The first-order valence-electron chi connectivity index (χ1n) is 6.83. The van der Waals surface area contributed by atoms with Gasteiger partial charge in [0.2, 0.25) is 0 Å². The average Bonchev–Trinajstić information content (AvgIpc) is 2.80. The van der Waals surface area contributed by atoms with E-state index in [4.69, 9.17) is 21.1 Å². The number of carboxylic acids is 1. The Labute approximate surface area is 194 Å². The first-order chi connectivity index (χ1) is 11.0. The SMILES string of the molecule is CC(OC1(C)CC=C(Oc2ccc(C(F)(F)F)cc2Cl)S1)C(=O)[O-].[K+]. The van der Waals surface area contributed by atoms with Gasteiger partial charge in [0.05, 0.1) is 22.7 Å². The normalized spacial score (nSPS) is 21.3. The molecule has 4 nitrogen and oxygen atoms in total. The molecule has 1 aliphatic heterocycles. The summed E-state index contributed by atoms with van der Waals surface area (Å²) in [4.78, 5) is 9.89. The molecule has 1 heterocycles. The van der Waals surface area contributed by atoms with Gasteiger partial charge >= 0.3 is 57.6 Å². The number of carbonyl (C=O) groups excluding carboxylic acids is 1. The van der Waals surface area contributed by atoms with E-state index in [1.165, 1.54) is 6.92 Å². The summed E-state index contributed by atoms with van der Waals surface area (Å²) in [6, 6.07) is 2.78. The molecule has 0 N–H and O–H groups in total. The minimum atomic E-state index is -4.49. The summed E-state index contributed by atoms with van der Waals surface area (Å²) < 4.78 is 48.7. The fraction of sp³-hybridized carbons (Fsp3) is 0.400. The van der Waals surface area contributed by atoms with Crippen molar-refractivity contribution in [2.45, 2.75) is 37.5 Å². The van der Waals surface area contributed by atoms with Crippen molar-refractivity contribution in [3.05, 3.63) is 40.0 Å². The predicted octanol–water partition coefficient (Wildman–Crippen LogP) is 0.591. The number of halogens is 4. The van der Waals surface area contributed by atoms with E-state index in [2.05, 4.69) is 0 Å². The second-order valence-electron chi connectivity index (χ2n) is 5.29. The summed E-state index contributed by atoms with van der Waals surface area (Å²) in [5.41, 5.74) is -0.871. The van der Waals surface area contributed by atoms with E-state index in [9.17, 15) is 23.1 Å². The Hall–Kier alpha value is 0.256. The van der Waals surface area contributed by atoms with Crippen LogP contribution in [0.2, 0.25) is 5.02 Å². The van der Waals surface area contributed by atoms with Gasteiger partial charge in [-0.15, -0.1) is 0 Å². The summed E-state index contributed by atoms with van der Waals surface area (Å²) in [6.45, 7) is 3.03. The number of rotatable bonds is 5. The number of alkyl halides is 3. The summed E-state index contributed by atoms with van der Waals surface area (Å²) in [7, 11) is 0. The molecule has 25 heavy (non-hydrogen) atoms. The number of hydrogen-bond donors (Lipinski definition) is 0. The summed E-state index contributed by atoms with van der Waals surface area (Å²) in [5, 5.41) is 10.9. The third kappa shape index (κ3) is 6.42. The number of carbonyl (C=O) groups is 1. The number of thioether (sulfide) groups is 1. The molecule has 2 atom stereocenters. The molecule has 0 aliphatic carbocycles. The first kappa shape index (κ1) is 23.3. The van der Waals surface area contributed by atoms with Gasteiger partial charge in [-0.1, -0.05) is 23.4 Å². The van der Waals surface area contributed by atoms with Crippen molar-refractivity contribution in [3.8, 4) is 5.75 Å². The Morgan fingerprint density at radius 1 is 1.44 bits per heavy atom. The number of aliphatic carboxylic acids is 1. The average molecular weight is 421 g/mol. The Balaban J connectivity index is 0.00000312. The van der Waals surface area contributed by atoms with E-state index in [0.29, 0.717) is 11.5 Å². The predicted molar refractivity (Wildman–Crippen MR) is 81.3 cm³/mol. The Kier molecular flexibility index (Phi) is 8.35. The third-order valence-corrected chi connectivity index (χ3v) is 4.63. The van der Waals surface area contributed by atoms with Gasteiger partial charge in [-0.2, -0.15) is 13.2 Å². The topological polar surface area (TPSA) is 58.6 Å². The van der Waals surface area contributed by atoms with Crippen molar-refractivity contribution in [2.75, 3.05) is 0 Å². The minimum Gasteiger partial charge on any atom is -0.547 e. The molecule has 1 aromatic rings. The maximum Gasteiger partial charge on any atom is 1.00 e. The largest absolute Gasteiger partial charge is 1.00 e. The van der Waals surface area contributed by atoms with Crippen LogP contribution in [0.3, 0.4) is 0 Å². The van der Waals surface area contributed by atoms with Gasteiger partial charge in [0.25, 0.3) is 0 Å². The Morgan fingerprint density at radius 3 is 2.60 bits per heavy atom. The summed E-state index contributed by atoms with van der Waals surface area (Å²) in [5.74, 6) is -1.27. The molecule has 0 aromatic heterocycles. The number of hydrogen-bond acceptors (Lipinski definition) is 5. The molecule has 0 bridgehead atoms. The standard InChI is InChI=1S/C15H14ClF3O4S.K/c1-8(13(20)21)23-14(2)6-5-12(24-14)22-11-4-3-9(7-10(11)16)15(17,18)19;/h3-5,7-8H,6H2,1-2H3,(H,20,21);/q;+1/p-1. The monoisotopic (exact) mass is 420 g/mol. The van der Waals surface area contributed by atoms with Gasteiger partial charge in [0, 0.05) is 6.42 Å². The summed E-state index contributed by atoms with van der Waals surface area (Å²) >= 11 is 6.95. The second-order valence-corrected chi connectivity index (χ2v) is 7.16. The molecule has 2 rings (SSSR count). The molecule has 0 amide bonds. The van der Waals surface area contributed by atoms with Crippen molar-refractivity contribution in [2.24, 2.45) is 0 Å². The van der Waals surface area contributed by atoms with Crippen LogP contribution in [-0.4, -0.2) is 17.0 Å². The van der Waals surface area contributed by atoms with Crippen LogP contribution in [0.1, 0.15) is 25.8 Å². The number of benzene rings is 1. The van der Waals surface area contributed by atoms with Gasteiger partial charge in [0.15, 0.2) is 5.09 Å². The Bertz CT molecular complexity index is 683. The smallest absolute Gasteiger partial charge is 0.547 e. The van der Waals surface area contributed by atoms with Crippen molar-refractivity contribution < 1.29 is 83.9 Å². The first-order valence-corrected chi connectivity index (χ1v) is 8.02. The number of carboxylic acid groups (broad SMARTS) is 1. The molecule has 0 saturated heterocycles. The van der Waals surface area contributed by atoms with Crippen molar-refractivity contribution in [1.82, 2.24) is 0 Å². The van der Waals surface area contributed by atoms with Crippen LogP contribution in [0.4, 0.5) is 13.2 Å². The molecular weight excluding hydrogens is 408 g/mol. The third-order valence-electron chi connectivity index (χ3n) is 3.18. The van der Waals surface area contributed by atoms with Crippen LogP contribution >= 0.6 is 23.4 Å². The van der Waals surface area contributed by atoms with Crippen LogP contribution in [0.15, 0.2) is 29.4 Å². The zero-order valence-electron chi connectivity index (χ0n) is 13.6. The summed E-state index contributed by atoms with van der Waals surface area (Å²) in [6.07, 6.45) is -3.58. The van der Waals surface area contributed by atoms with Gasteiger partial charge in [-0.3, -0.25) is 0 Å². The molecule has 2 unspecified atom stereocenters. The molecule has 10 heteroatoms. The minimum absolute atomic E-state index is 0. The van der Waals surface area contributed by atoms with Crippen LogP contribution in [-0.2, 0) is 15.7 Å². The molecule has 0 saturated carbocycles. The molecule has 0 radical (unpaired) electrons. The van der Waals surface area contributed by atoms with E-state index in [1.54, 1.807) is 13.0 Å². The maximum absolute atomic E-state index is 12.6. The Morgan fingerprint density at radius 2 is 2.08 bits per heavy atom. The van der Waals surface area contributed by atoms with Crippen LogP contribution in [0, 0.1) is 0 Å². The van der Waals surface area contributed by atoms with Crippen LogP contribution < -0.4 is 61.2 Å². The van der Waals surface area contributed by atoms with E-state index >= 15 is 0 Å². The maximum atomic E-state index is 12.6.